The Morgan fingerprint density at radius 2 is 1.88 bits per heavy atom. The second-order valence-corrected chi connectivity index (χ2v) is 6.82. The van der Waals surface area contributed by atoms with E-state index in [-0.39, 0.29) is 0 Å². The highest BCUT2D eigenvalue weighted by Gasteiger charge is 2.11. The summed E-state index contributed by atoms with van der Waals surface area (Å²) in [7, 11) is -4.10. The van der Waals surface area contributed by atoms with Gasteiger partial charge in [-0.15, -0.1) is 0 Å². The molecule has 10 nitrogen and oxygen atoms in total. The predicted octanol–water partition coefficient (Wildman–Crippen LogP) is 1.15. The van der Waals surface area contributed by atoms with E-state index in [9.17, 15) is 14.2 Å². The van der Waals surface area contributed by atoms with E-state index in [1.54, 1.807) is 30.5 Å². The minimum atomic E-state index is -4.10. The van der Waals surface area contributed by atoms with Crippen LogP contribution in [0.3, 0.4) is 0 Å². The number of fused-ring (bicyclic) bond motifs is 1. The van der Waals surface area contributed by atoms with Gasteiger partial charge in [0, 0.05) is 11.6 Å². The van der Waals surface area contributed by atoms with Gasteiger partial charge in [0.15, 0.2) is 6.61 Å². The van der Waals surface area contributed by atoms with Gasteiger partial charge in [0.2, 0.25) is 0 Å². The van der Waals surface area contributed by atoms with Gasteiger partial charge >= 0.3 is 19.5 Å². The highest BCUT2D eigenvalue weighted by Crippen LogP contribution is 2.31. The first-order valence-electron chi connectivity index (χ1n) is 6.95. The lowest BCUT2D eigenvalue weighted by Crippen LogP contribution is -2.23. The summed E-state index contributed by atoms with van der Waals surface area (Å²) in [6.45, 7) is -0.835. The first kappa shape index (κ1) is 21.8. The number of benzene rings is 1. The van der Waals surface area contributed by atoms with Crippen LogP contribution in [0.1, 0.15) is 0 Å². The summed E-state index contributed by atoms with van der Waals surface area (Å²) in [6, 6.07) is 6.83. The number of aliphatic carboxylic acids is 2. The van der Waals surface area contributed by atoms with Crippen LogP contribution in [0.25, 0.3) is 10.9 Å². The maximum atomic E-state index is 10.4. The lowest BCUT2D eigenvalue weighted by atomic mass is 10.2. The molecule has 0 aliphatic heterocycles. The molecule has 1 aromatic carbocycles. The van der Waals surface area contributed by atoms with Crippen molar-refractivity contribution in [3.63, 3.8) is 0 Å². The molecule has 0 spiro atoms. The van der Waals surface area contributed by atoms with E-state index in [4.69, 9.17) is 36.3 Å². The van der Waals surface area contributed by atoms with Crippen molar-refractivity contribution in [1.82, 2.24) is 10.3 Å². The van der Waals surface area contributed by atoms with Crippen LogP contribution in [0.2, 0.25) is 5.02 Å². The number of halogens is 1. The highest BCUT2D eigenvalue weighted by atomic mass is 35.5. The average Bonchev–Trinajstić information content (AvgIpc) is 2.53. The molecule has 0 aliphatic rings. The molecule has 0 unspecified atom stereocenters. The molecule has 5 N–H and O–H groups in total. The quantitative estimate of drug-likeness (QED) is 0.421. The molecule has 2 rings (SSSR count). The topological polar surface area (TPSA) is 166 Å². The number of pyridine rings is 1. The van der Waals surface area contributed by atoms with Gasteiger partial charge in [-0.2, -0.15) is 0 Å². The van der Waals surface area contributed by atoms with E-state index >= 15 is 0 Å². The fraction of sp³-hybridized carbons (Fsp3) is 0.214. The van der Waals surface area contributed by atoms with Gasteiger partial charge in [0.25, 0.3) is 0 Å². The molecule has 1 heterocycles. The van der Waals surface area contributed by atoms with E-state index in [0.717, 1.165) is 5.39 Å². The van der Waals surface area contributed by atoms with Crippen molar-refractivity contribution in [2.24, 2.45) is 0 Å². The Balaban J connectivity index is 0.000000294. The molecular weight excluding hydrogens is 391 g/mol. The normalized spacial score (nSPS) is 10.7. The maximum absolute atomic E-state index is 10.4. The number of aromatic nitrogens is 1. The summed E-state index contributed by atoms with van der Waals surface area (Å²) in [6.07, 6.45) is 1.01. The summed E-state index contributed by atoms with van der Waals surface area (Å²) in [5, 5.41) is 19.9. The highest BCUT2D eigenvalue weighted by molar-refractivity contribution is 7.51. The van der Waals surface area contributed by atoms with Gasteiger partial charge in [-0.05, 0) is 24.3 Å². The second kappa shape index (κ2) is 10.0. The summed E-state index contributed by atoms with van der Waals surface area (Å²) in [5.41, 5.74) is 0.566. The minimum absolute atomic E-state index is 0.396. The molecule has 0 aliphatic carbocycles. The number of carboxylic acid groups (broad SMARTS) is 2. The van der Waals surface area contributed by atoms with Crippen molar-refractivity contribution in [2.75, 3.05) is 19.4 Å². The minimum Gasteiger partial charge on any atom is -0.480 e. The van der Waals surface area contributed by atoms with E-state index in [0.29, 0.717) is 16.3 Å². The Morgan fingerprint density at radius 3 is 2.46 bits per heavy atom. The van der Waals surface area contributed by atoms with E-state index in [1.165, 1.54) is 0 Å². The zero-order valence-corrected chi connectivity index (χ0v) is 14.9. The Morgan fingerprint density at radius 1 is 1.19 bits per heavy atom. The molecule has 0 saturated heterocycles. The van der Waals surface area contributed by atoms with E-state index in [1.807, 2.05) is 0 Å². The van der Waals surface area contributed by atoms with Gasteiger partial charge in [0.05, 0.1) is 17.9 Å². The summed E-state index contributed by atoms with van der Waals surface area (Å²) < 4.78 is 15.2. The van der Waals surface area contributed by atoms with Crippen molar-refractivity contribution in [1.29, 1.82) is 0 Å². The van der Waals surface area contributed by atoms with Crippen LogP contribution in [0.5, 0.6) is 5.75 Å². The number of hydrogen-bond acceptors (Lipinski definition) is 6. The molecule has 26 heavy (non-hydrogen) atoms. The number of nitrogens with one attached hydrogen (secondary N) is 1. The molecule has 0 bridgehead atoms. The number of carbonyl (C=O) groups is 2. The Hall–Kier alpha value is -2.23. The Bertz CT molecular complexity index is 826. The second-order valence-electron chi connectivity index (χ2n) is 4.77. The number of hydrogen-bond donors (Lipinski definition) is 5. The predicted molar refractivity (Wildman–Crippen MR) is 92.4 cm³/mol. The van der Waals surface area contributed by atoms with Crippen LogP contribution in [-0.2, 0) is 14.2 Å². The molecule has 2 aromatic rings. The lowest BCUT2D eigenvalue weighted by molar-refractivity contribution is -0.139. The zero-order valence-electron chi connectivity index (χ0n) is 13.2. The summed E-state index contributed by atoms with van der Waals surface area (Å²) in [5.74, 6) is -1.75. The maximum Gasteiger partial charge on any atom is 0.341 e. The van der Waals surface area contributed by atoms with Gasteiger partial charge in [-0.1, -0.05) is 11.6 Å². The van der Waals surface area contributed by atoms with Gasteiger partial charge < -0.3 is 24.7 Å². The first-order chi connectivity index (χ1) is 12.1. The molecule has 0 atom stereocenters. The summed E-state index contributed by atoms with van der Waals surface area (Å²) >= 11 is 5.98. The third-order valence-corrected chi connectivity index (χ3v) is 3.59. The van der Waals surface area contributed by atoms with Crippen molar-refractivity contribution < 1.29 is 38.9 Å². The average molecular weight is 407 g/mol. The van der Waals surface area contributed by atoms with Crippen LogP contribution in [0.4, 0.5) is 0 Å². The van der Waals surface area contributed by atoms with E-state index in [2.05, 4.69) is 10.3 Å². The fourth-order valence-corrected chi connectivity index (χ4v) is 2.29. The smallest absolute Gasteiger partial charge is 0.341 e. The summed E-state index contributed by atoms with van der Waals surface area (Å²) in [4.78, 5) is 40.7. The standard InChI is InChI=1S/C11H8ClNO3.C3H8NO5P/c12-8-3-4-9(16-6-10(14)15)11-7(8)2-1-5-13-11;5-3(6)1-4-2-10(7,8)9/h1-5H,6H2,(H,14,15);4H,1-2H2,(H,5,6)(H2,7,8,9). The Labute approximate surface area is 152 Å². The molecule has 0 saturated carbocycles. The van der Waals surface area contributed by atoms with Crippen molar-refractivity contribution >= 4 is 42.0 Å². The molecule has 142 valence electrons. The SMILES string of the molecule is O=C(O)CNCP(=O)(O)O.O=C(O)COc1ccc(Cl)c2cccnc12. The van der Waals surface area contributed by atoms with Crippen LogP contribution in [-0.4, -0.2) is 56.4 Å². The first-order valence-corrected chi connectivity index (χ1v) is 9.12. The third kappa shape index (κ3) is 8.24. The van der Waals surface area contributed by atoms with Crippen molar-refractivity contribution in [3.05, 3.63) is 35.5 Å². The largest absolute Gasteiger partial charge is 0.480 e. The van der Waals surface area contributed by atoms with Crippen molar-refractivity contribution in [2.45, 2.75) is 0 Å². The fourth-order valence-electron chi connectivity index (χ4n) is 1.68. The zero-order chi connectivity index (χ0) is 19.7. The molecular formula is C14H16ClN2O8P. The van der Waals surface area contributed by atoms with Crippen LogP contribution >= 0.6 is 19.2 Å². The molecule has 0 radical (unpaired) electrons. The van der Waals surface area contributed by atoms with Gasteiger partial charge in [-0.25, -0.2) is 4.79 Å². The lowest BCUT2D eigenvalue weighted by Gasteiger charge is -2.07. The number of carboxylic acids is 2. The number of ether oxygens (including phenoxy) is 1. The molecule has 0 amide bonds. The monoisotopic (exact) mass is 406 g/mol. The number of nitrogens with zero attached hydrogens (tertiary/aromatic N) is 1. The van der Waals surface area contributed by atoms with Crippen LogP contribution < -0.4 is 10.1 Å². The van der Waals surface area contributed by atoms with Crippen molar-refractivity contribution in [3.8, 4) is 5.75 Å². The molecule has 12 heteroatoms. The third-order valence-electron chi connectivity index (χ3n) is 2.62. The van der Waals surface area contributed by atoms with E-state index < -0.39 is 39.0 Å². The Kier molecular flexibility index (Phi) is 8.43. The van der Waals surface area contributed by atoms with Crippen LogP contribution in [0.15, 0.2) is 30.5 Å². The van der Waals surface area contributed by atoms with Gasteiger partial charge in [0.1, 0.15) is 11.3 Å². The van der Waals surface area contributed by atoms with Crippen LogP contribution in [0, 0.1) is 0 Å². The number of rotatable bonds is 7. The van der Waals surface area contributed by atoms with Gasteiger partial charge in [-0.3, -0.25) is 19.7 Å². The molecule has 0 fully saturated rings. The molecule has 1 aromatic heterocycles.